The number of nitrogens with one attached hydrogen (secondary N) is 3. The highest BCUT2D eigenvalue weighted by molar-refractivity contribution is 7.80. The molecule has 3 rings (SSSR count). The number of anilines is 1. The normalized spacial score (nSPS) is 12.4. The summed E-state index contributed by atoms with van der Waals surface area (Å²) in [5.41, 5.74) is 12.1. The van der Waals surface area contributed by atoms with Crippen LogP contribution in [0.2, 0.25) is 0 Å². The Bertz CT molecular complexity index is 817. The summed E-state index contributed by atoms with van der Waals surface area (Å²) in [7, 11) is 0. The molecule has 0 radical (unpaired) electrons. The van der Waals surface area contributed by atoms with Crippen LogP contribution < -0.4 is 16.2 Å². The number of para-hydroxylation sites is 1. The Kier molecular flexibility index (Phi) is 5.34. The average Bonchev–Trinajstić information content (AvgIpc) is 3.09. The number of fused-ring (bicyclic) bond motifs is 1. The number of hydrogen-bond acceptors (Lipinski definition) is 2. The predicted octanol–water partition coefficient (Wildman–Crippen LogP) is 3.68. The first-order valence-corrected chi connectivity index (χ1v) is 9.07. The number of aryl methyl sites for hydroxylation is 4. The summed E-state index contributed by atoms with van der Waals surface area (Å²) in [6.45, 7) is 4.14. The first-order chi connectivity index (χ1) is 12.1. The average molecular weight is 353 g/mol. The number of carbonyl (C=O) groups is 1. The van der Waals surface area contributed by atoms with E-state index in [2.05, 4.69) is 35.2 Å². The van der Waals surface area contributed by atoms with Crippen molar-refractivity contribution in [2.75, 3.05) is 5.32 Å². The van der Waals surface area contributed by atoms with Crippen molar-refractivity contribution in [2.24, 2.45) is 0 Å². The molecule has 0 heterocycles. The smallest absolute Gasteiger partial charge is 0.269 e. The van der Waals surface area contributed by atoms with Crippen LogP contribution in [0.3, 0.4) is 0 Å². The van der Waals surface area contributed by atoms with Gasteiger partial charge in [0.25, 0.3) is 5.91 Å². The number of carbonyl (C=O) groups excluding carboxylic acids is 1. The fraction of sp³-hybridized carbons (Fsp3) is 0.300. The van der Waals surface area contributed by atoms with Gasteiger partial charge in [-0.3, -0.25) is 15.6 Å². The van der Waals surface area contributed by atoms with Crippen molar-refractivity contribution in [2.45, 2.75) is 39.5 Å². The lowest BCUT2D eigenvalue weighted by Crippen LogP contribution is -2.44. The van der Waals surface area contributed by atoms with Gasteiger partial charge in [0.05, 0.1) is 0 Å². The molecule has 130 valence electrons. The van der Waals surface area contributed by atoms with Gasteiger partial charge in [-0.15, -0.1) is 0 Å². The van der Waals surface area contributed by atoms with Crippen LogP contribution in [0, 0.1) is 6.92 Å². The molecule has 0 atom stereocenters. The van der Waals surface area contributed by atoms with Gasteiger partial charge in [-0.2, -0.15) is 0 Å². The molecule has 0 fully saturated rings. The van der Waals surface area contributed by atoms with Crippen LogP contribution in [0.4, 0.5) is 5.69 Å². The highest BCUT2D eigenvalue weighted by Crippen LogP contribution is 2.23. The lowest BCUT2D eigenvalue weighted by molar-refractivity contribution is 0.0944. The lowest BCUT2D eigenvalue weighted by atomic mass is 10.1. The second kappa shape index (κ2) is 7.66. The first-order valence-electron chi connectivity index (χ1n) is 8.66. The van der Waals surface area contributed by atoms with Gasteiger partial charge in [-0.05, 0) is 79.2 Å². The quantitative estimate of drug-likeness (QED) is 0.582. The van der Waals surface area contributed by atoms with Gasteiger partial charge in [0.2, 0.25) is 0 Å². The largest absolute Gasteiger partial charge is 0.331 e. The number of thiocarbonyl (C=S) groups is 1. The Labute approximate surface area is 154 Å². The molecule has 2 aromatic rings. The van der Waals surface area contributed by atoms with Crippen molar-refractivity contribution in [3.05, 3.63) is 64.2 Å². The molecule has 1 aliphatic rings. The third-order valence-corrected chi connectivity index (χ3v) is 4.83. The minimum atomic E-state index is -0.181. The number of rotatable bonds is 3. The zero-order valence-corrected chi connectivity index (χ0v) is 15.4. The summed E-state index contributed by atoms with van der Waals surface area (Å²) in [6.07, 6.45) is 4.24. The van der Waals surface area contributed by atoms with Crippen LogP contribution >= 0.6 is 12.2 Å². The summed E-state index contributed by atoms with van der Waals surface area (Å²) < 4.78 is 0. The third-order valence-electron chi connectivity index (χ3n) is 4.63. The van der Waals surface area contributed by atoms with Crippen LogP contribution in [0.15, 0.2) is 36.4 Å². The molecule has 0 aliphatic heterocycles. The zero-order chi connectivity index (χ0) is 17.8. The van der Waals surface area contributed by atoms with E-state index in [4.69, 9.17) is 12.2 Å². The molecule has 1 amide bonds. The van der Waals surface area contributed by atoms with Crippen LogP contribution in [0.25, 0.3) is 0 Å². The fourth-order valence-corrected chi connectivity index (χ4v) is 3.40. The number of hydrogen-bond donors (Lipinski definition) is 3. The molecule has 2 aromatic carbocycles. The number of amides is 1. The zero-order valence-electron chi connectivity index (χ0n) is 14.6. The van der Waals surface area contributed by atoms with E-state index in [1.165, 1.54) is 23.1 Å². The van der Waals surface area contributed by atoms with Crippen LogP contribution in [-0.2, 0) is 19.3 Å². The third kappa shape index (κ3) is 3.99. The minimum absolute atomic E-state index is 0.181. The van der Waals surface area contributed by atoms with E-state index >= 15 is 0 Å². The number of hydrazine groups is 1. The molecule has 4 nitrogen and oxygen atoms in total. The van der Waals surface area contributed by atoms with Gasteiger partial charge in [-0.1, -0.05) is 31.2 Å². The molecule has 5 heteroatoms. The molecular formula is C20H23N3OS. The summed E-state index contributed by atoms with van der Waals surface area (Å²) in [6, 6.07) is 12.0. The highest BCUT2D eigenvalue weighted by Gasteiger charge is 2.14. The Balaban J connectivity index is 1.60. The van der Waals surface area contributed by atoms with Gasteiger partial charge in [0.15, 0.2) is 5.11 Å². The second-order valence-corrected chi connectivity index (χ2v) is 6.74. The van der Waals surface area contributed by atoms with E-state index in [9.17, 15) is 4.79 Å². The molecule has 1 aliphatic carbocycles. The van der Waals surface area contributed by atoms with Crippen molar-refractivity contribution in [1.29, 1.82) is 0 Å². The molecule has 0 saturated heterocycles. The molecule has 0 bridgehead atoms. The molecule has 0 spiro atoms. The van der Waals surface area contributed by atoms with E-state index in [-0.39, 0.29) is 5.91 Å². The van der Waals surface area contributed by atoms with E-state index < -0.39 is 0 Å². The maximum absolute atomic E-state index is 12.3. The van der Waals surface area contributed by atoms with Crippen molar-refractivity contribution >= 4 is 28.9 Å². The van der Waals surface area contributed by atoms with Gasteiger partial charge in [-0.25, -0.2) is 0 Å². The van der Waals surface area contributed by atoms with Crippen LogP contribution in [0.1, 0.15) is 46.0 Å². The highest BCUT2D eigenvalue weighted by atomic mass is 32.1. The molecule has 25 heavy (non-hydrogen) atoms. The van der Waals surface area contributed by atoms with Crippen LogP contribution in [-0.4, -0.2) is 11.0 Å². The fourth-order valence-electron chi connectivity index (χ4n) is 3.25. The predicted molar refractivity (Wildman–Crippen MR) is 106 cm³/mol. The van der Waals surface area contributed by atoms with Crippen LogP contribution in [0.5, 0.6) is 0 Å². The van der Waals surface area contributed by atoms with Gasteiger partial charge >= 0.3 is 0 Å². The van der Waals surface area contributed by atoms with Gasteiger partial charge < -0.3 is 5.32 Å². The summed E-state index contributed by atoms with van der Waals surface area (Å²) in [5, 5.41) is 3.56. The minimum Gasteiger partial charge on any atom is -0.331 e. The van der Waals surface area contributed by atoms with E-state index in [0.717, 1.165) is 30.5 Å². The van der Waals surface area contributed by atoms with E-state index in [1.807, 2.05) is 31.2 Å². The molecule has 0 unspecified atom stereocenters. The van der Waals surface area contributed by atoms with Gasteiger partial charge in [0.1, 0.15) is 0 Å². The molecule has 0 aromatic heterocycles. The summed E-state index contributed by atoms with van der Waals surface area (Å²) in [4.78, 5) is 12.3. The molecular weight excluding hydrogens is 330 g/mol. The molecule has 3 N–H and O–H groups in total. The molecule has 0 saturated carbocycles. The maximum atomic E-state index is 12.3. The summed E-state index contributed by atoms with van der Waals surface area (Å²) >= 11 is 5.31. The Morgan fingerprint density at radius 1 is 1.12 bits per heavy atom. The van der Waals surface area contributed by atoms with E-state index in [0.29, 0.717) is 10.7 Å². The summed E-state index contributed by atoms with van der Waals surface area (Å²) in [5.74, 6) is -0.181. The standard InChI is InChI=1S/C20H23N3OS/c1-3-14-7-4-6-13(2)18(14)21-20(25)23-22-19(24)17-11-10-15-8-5-9-16(15)12-17/h4,6-7,10-12H,3,5,8-9H2,1-2H3,(H,22,24)(H2,21,23,25). The second-order valence-electron chi connectivity index (χ2n) is 6.33. The Hall–Kier alpha value is -2.40. The van der Waals surface area contributed by atoms with Crippen molar-refractivity contribution in [1.82, 2.24) is 10.9 Å². The van der Waals surface area contributed by atoms with Crippen molar-refractivity contribution in [3.8, 4) is 0 Å². The monoisotopic (exact) mass is 353 g/mol. The Morgan fingerprint density at radius 3 is 2.72 bits per heavy atom. The van der Waals surface area contributed by atoms with Crippen molar-refractivity contribution in [3.63, 3.8) is 0 Å². The SMILES string of the molecule is CCc1cccc(C)c1NC(=S)NNC(=O)c1ccc2c(c1)CCC2. The lowest BCUT2D eigenvalue weighted by Gasteiger charge is -2.16. The first kappa shape index (κ1) is 17.4. The Morgan fingerprint density at radius 2 is 1.92 bits per heavy atom. The van der Waals surface area contributed by atoms with Crippen molar-refractivity contribution < 1.29 is 4.79 Å². The van der Waals surface area contributed by atoms with E-state index in [1.54, 1.807) is 0 Å². The van der Waals surface area contributed by atoms with Gasteiger partial charge in [0, 0.05) is 11.3 Å². The maximum Gasteiger partial charge on any atom is 0.269 e. The topological polar surface area (TPSA) is 53.2 Å². The number of benzene rings is 2.